The Hall–Kier alpha value is -4.00. The van der Waals surface area contributed by atoms with Crippen molar-refractivity contribution in [3.05, 3.63) is 72.6 Å². The lowest BCUT2D eigenvalue weighted by Gasteiger charge is -2.10. The van der Waals surface area contributed by atoms with Crippen LogP contribution in [0.5, 0.6) is 0 Å². The lowest BCUT2D eigenvalue weighted by atomic mass is 10.2. The molecule has 2 aromatic carbocycles. The van der Waals surface area contributed by atoms with Crippen molar-refractivity contribution in [3.8, 4) is 6.07 Å². The minimum absolute atomic E-state index is 0.166. The van der Waals surface area contributed by atoms with Gasteiger partial charge in [0.15, 0.2) is 0 Å². The van der Waals surface area contributed by atoms with Crippen molar-refractivity contribution in [2.75, 3.05) is 42.3 Å². The van der Waals surface area contributed by atoms with E-state index in [2.05, 4.69) is 31.2 Å². The molecule has 1 fully saturated rings. The smallest absolute Gasteiger partial charge is 0.238 e. The molecule has 1 aliphatic heterocycles. The number of amides is 1. The molecule has 2 heterocycles. The van der Waals surface area contributed by atoms with Crippen LogP contribution in [0.25, 0.3) is 0 Å². The number of para-hydroxylation sites is 1. The van der Waals surface area contributed by atoms with Gasteiger partial charge in [0, 0.05) is 37.1 Å². The van der Waals surface area contributed by atoms with Crippen LogP contribution in [0.15, 0.2) is 67.0 Å². The van der Waals surface area contributed by atoms with Crippen molar-refractivity contribution < 1.29 is 9.53 Å². The SMILES string of the molecule is C1COCCN1.N#CCC(=O)Nc1cccc(CNc2cc(Nc3ccccc3)ncn2)c1. The average molecular weight is 446 g/mol. The molecule has 0 bridgehead atoms. The van der Waals surface area contributed by atoms with Gasteiger partial charge in [-0.1, -0.05) is 30.3 Å². The molecule has 33 heavy (non-hydrogen) atoms. The average Bonchev–Trinajstić information content (AvgIpc) is 2.86. The molecule has 0 aliphatic carbocycles. The summed E-state index contributed by atoms with van der Waals surface area (Å²) in [4.78, 5) is 20.0. The molecule has 1 saturated heterocycles. The second kappa shape index (κ2) is 13.4. The van der Waals surface area contributed by atoms with Crippen LogP contribution in [0.3, 0.4) is 0 Å². The van der Waals surface area contributed by atoms with Gasteiger partial charge in [0.1, 0.15) is 24.4 Å². The first-order chi connectivity index (χ1) is 16.2. The van der Waals surface area contributed by atoms with Crippen molar-refractivity contribution in [1.29, 1.82) is 5.26 Å². The van der Waals surface area contributed by atoms with E-state index in [0.717, 1.165) is 37.6 Å². The highest BCUT2D eigenvalue weighted by Crippen LogP contribution is 2.17. The minimum atomic E-state index is -0.324. The molecule has 3 aromatic rings. The number of morpholine rings is 1. The number of nitrogens with zero attached hydrogens (tertiary/aromatic N) is 3. The van der Waals surface area contributed by atoms with E-state index in [4.69, 9.17) is 10.00 Å². The van der Waals surface area contributed by atoms with Gasteiger partial charge in [-0.05, 0) is 29.8 Å². The third kappa shape index (κ3) is 8.95. The molecular weight excluding hydrogens is 418 g/mol. The summed E-state index contributed by atoms with van der Waals surface area (Å²) < 4.78 is 5.01. The Morgan fingerprint density at radius 2 is 1.76 bits per heavy atom. The maximum Gasteiger partial charge on any atom is 0.238 e. The van der Waals surface area contributed by atoms with Gasteiger partial charge in [-0.15, -0.1) is 0 Å². The zero-order chi connectivity index (χ0) is 23.1. The van der Waals surface area contributed by atoms with Gasteiger partial charge in [0.2, 0.25) is 5.91 Å². The number of rotatable bonds is 7. The molecule has 0 spiro atoms. The van der Waals surface area contributed by atoms with Crippen LogP contribution in [0, 0.1) is 11.3 Å². The predicted molar refractivity (Wildman–Crippen MR) is 128 cm³/mol. The topological polar surface area (TPSA) is 124 Å². The van der Waals surface area contributed by atoms with Crippen LogP contribution in [-0.2, 0) is 16.1 Å². The number of hydrogen-bond acceptors (Lipinski definition) is 8. The first-order valence-corrected chi connectivity index (χ1v) is 10.6. The maximum atomic E-state index is 11.5. The second-order valence-electron chi connectivity index (χ2n) is 7.08. The molecule has 1 aliphatic rings. The van der Waals surface area contributed by atoms with Gasteiger partial charge < -0.3 is 26.0 Å². The molecule has 0 radical (unpaired) electrons. The van der Waals surface area contributed by atoms with Crippen LogP contribution in [-0.4, -0.2) is 42.2 Å². The number of nitrogens with one attached hydrogen (secondary N) is 4. The quantitative estimate of drug-likeness (QED) is 0.437. The standard InChI is InChI=1S/C20H18N6O.C4H9NO/c21-10-9-20(27)26-17-8-4-5-15(11-17)13-22-18-12-19(24-14-23-18)25-16-6-2-1-3-7-16;1-3-6-4-2-5-1/h1-8,11-12,14H,9,13H2,(H,26,27)(H2,22,23,24,25);5H,1-4H2. The Morgan fingerprint density at radius 1 is 1.00 bits per heavy atom. The Balaban J connectivity index is 0.000000442. The first-order valence-electron chi connectivity index (χ1n) is 10.6. The third-order valence-corrected chi connectivity index (χ3v) is 4.48. The van der Waals surface area contributed by atoms with E-state index in [9.17, 15) is 4.79 Å². The van der Waals surface area contributed by atoms with Crippen molar-refractivity contribution >= 4 is 28.9 Å². The van der Waals surface area contributed by atoms with Crippen LogP contribution >= 0.6 is 0 Å². The lowest BCUT2D eigenvalue weighted by Crippen LogP contribution is -2.30. The molecule has 0 saturated carbocycles. The molecule has 0 atom stereocenters. The summed E-state index contributed by atoms with van der Waals surface area (Å²) in [5, 5.41) is 20.9. The zero-order valence-electron chi connectivity index (χ0n) is 18.3. The van der Waals surface area contributed by atoms with Crippen LogP contribution in [0.2, 0.25) is 0 Å². The maximum absolute atomic E-state index is 11.5. The number of aromatic nitrogens is 2. The summed E-state index contributed by atoms with van der Waals surface area (Å²) >= 11 is 0. The van der Waals surface area contributed by atoms with E-state index >= 15 is 0 Å². The van der Waals surface area contributed by atoms with Crippen LogP contribution in [0.4, 0.5) is 23.0 Å². The van der Waals surface area contributed by atoms with E-state index in [1.54, 1.807) is 6.07 Å². The van der Waals surface area contributed by atoms with E-state index < -0.39 is 0 Å². The van der Waals surface area contributed by atoms with Crippen molar-refractivity contribution in [3.63, 3.8) is 0 Å². The minimum Gasteiger partial charge on any atom is -0.379 e. The zero-order valence-corrected chi connectivity index (χ0v) is 18.3. The first kappa shape index (κ1) is 23.7. The van der Waals surface area contributed by atoms with Gasteiger partial charge in [0.05, 0.1) is 19.3 Å². The predicted octanol–water partition coefficient (Wildman–Crippen LogP) is 3.29. The molecule has 4 N–H and O–H groups in total. The number of nitriles is 1. The molecule has 9 heteroatoms. The van der Waals surface area contributed by atoms with Gasteiger partial charge >= 0.3 is 0 Å². The Labute approximate surface area is 193 Å². The fourth-order valence-electron chi connectivity index (χ4n) is 2.94. The summed E-state index contributed by atoms with van der Waals surface area (Å²) in [6.45, 7) is 4.36. The monoisotopic (exact) mass is 445 g/mol. The van der Waals surface area contributed by atoms with Gasteiger partial charge in [-0.25, -0.2) is 9.97 Å². The summed E-state index contributed by atoms with van der Waals surface area (Å²) in [6.07, 6.45) is 1.33. The number of benzene rings is 2. The molecular formula is C24H27N7O2. The Bertz CT molecular complexity index is 1040. The fraction of sp³-hybridized carbons (Fsp3) is 0.250. The van der Waals surface area contributed by atoms with Crippen LogP contribution in [0.1, 0.15) is 12.0 Å². The van der Waals surface area contributed by atoms with Crippen LogP contribution < -0.4 is 21.3 Å². The lowest BCUT2D eigenvalue weighted by molar-refractivity contribution is -0.115. The van der Waals surface area contributed by atoms with Crippen molar-refractivity contribution in [2.24, 2.45) is 0 Å². The van der Waals surface area contributed by atoms with Gasteiger partial charge in [-0.3, -0.25) is 4.79 Å². The third-order valence-electron chi connectivity index (χ3n) is 4.48. The number of anilines is 4. The largest absolute Gasteiger partial charge is 0.379 e. The van der Waals surface area contributed by atoms with Crippen molar-refractivity contribution in [2.45, 2.75) is 13.0 Å². The molecule has 1 amide bonds. The second-order valence-corrected chi connectivity index (χ2v) is 7.08. The molecule has 0 unspecified atom stereocenters. The van der Waals surface area contributed by atoms with E-state index in [0.29, 0.717) is 23.9 Å². The molecule has 170 valence electrons. The summed E-state index contributed by atoms with van der Waals surface area (Å²) in [7, 11) is 0. The summed E-state index contributed by atoms with van der Waals surface area (Å²) in [5.74, 6) is 1.05. The van der Waals surface area contributed by atoms with Gasteiger partial charge in [0.25, 0.3) is 0 Å². The number of ether oxygens (including phenoxy) is 1. The Morgan fingerprint density at radius 3 is 2.45 bits per heavy atom. The molecule has 1 aromatic heterocycles. The van der Waals surface area contributed by atoms with E-state index in [1.807, 2.05) is 60.7 Å². The highest BCUT2D eigenvalue weighted by molar-refractivity contribution is 5.92. The van der Waals surface area contributed by atoms with E-state index in [-0.39, 0.29) is 12.3 Å². The van der Waals surface area contributed by atoms with Gasteiger partial charge in [-0.2, -0.15) is 5.26 Å². The number of hydrogen-bond donors (Lipinski definition) is 4. The Kier molecular flexibility index (Phi) is 9.62. The fourth-order valence-corrected chi connectivity index (χ4v) is 2.94. The normalized spacial score (nSPS) is 12.5. The summed E-state index contributed by atoms with van der Waals surface area (Å²) in [6, 6.07) is 20.9. The van der Waals surface area contributed by atoms with E-state index in [1.165, 1.54) is 6.33 Å². The highest BCUT2D eigenvalue weighted by atomic mass is 16.5. The van der Waals surface area contributed by atoms with Crippen molar-refractivity contribution in [1.82, 2.24) is 15.3 Å². The number of carbonyl (C=O) groups is 1. The molecule has 9 nitrogen and oxygen atoms in total. The number of carbonyl (C=O) groups excluding carboxylic acids is 1. The summed E-state index contributed by atoms with van der Waals surface area (Å²) in [5.41, 5.74) is 2.58. The highest BCUT2D eigenvalue weighted by Gasteiger charge is 2.03. The molecule has 4 rings (SSSR count).